The number of nitrogens with zero attached hydrogens (tertiary/aromatic N) is 2. The minimum Gasteiger partial charge on any atom is -0.479 e. The van der Waals surface area contributed by atoms with Crippen LogP contribution in [0.3, 0.4) is 0 Å². The Morgan fingerprint density at radius 2 is 0.848 bits per heavy atom. The van der Waals surface area contributed by atoms with Crippen LogP contribution in [0.4, 0.5) is 70.2 Å². The zero-order chi connectivity index (χ0) is 106. The van der Waals surface area contributed by atoms with Gasteiger partial charge >= 0.3 is 47.8 Å². The Morgan fingerprint density at radius 3 is 1.17 bits per heavy atom. The van der Waals surface area contributed by atoms with Crippen molar-refractivity contribution in [2.24, 2.45) is 22.9 Å². The van der Waals surface area contributed by atoms with Gasteiger partial charge < -0.3 is 59.3 Å². The number of rotatable bonds is 43. The molecule has 0 bridgehead atoms. The van der Waals surface area contributed by atoms with Crippen molar-refractivity contribution in [2.45, 2.75) is 164 Å². The van der Waals surface area contributed by atoms with E-state index in [1.54, 1.807) is 38.1 Å². The van der Waals surface area contributed by atoms with Gasteiger partial charge in [-0.15, -0.1) is 0 Å². The van der Waals surface area contributed by atoms with Gasteiger partial charge in [0.1, 0.15) is 23.1 Å². The molecule has 7 aromatic carbocycles. The van der Waals surface area contributed by atoms with Crippen LogP contribution in [-0.2, 0) is 114 Å². The average molecular weight is 2100 g/mol. The summed E-state index contributed by atoms with van der Waals surface area (Å²) in [7, 11) is -21.2. The first kappa shape index (κ1) is 128. The number of fused-ring (bicyclic) bond motifs is 1. The van der Waals surface area contributed by atoms with E-state index < -0.39 is 177 Å². The van der Waals surface area contributed by atoms with Crippen LogP contribution >= 0.6 is 0 Å². The number of aliphatic carboxylic acids is 4. The molecule has 7 aromatic rings. The predicted molar refractivity (Wildman–Crippen MR) is 481 cm³/mol. The average Bonchev–Trinajstić information content (AvgIpc) is 1.62. The van der Waals surface area contributed by atoms with E-state index in [0.29, 0.717) is 38.0 Å². The first-order chi connectivity index (χ1) is 63.3. The Kier molecular flexibility index (Phi) is 56.4. The van der Waals surface area contributed by atoms with Crippen molar-refractivity contribution < 1.29 is 175 Å². The van der Waals surface area contributed by atoms with Crippen molar-refractivity contribution in [1.29, 1.82) is 0 Å². The van der Waals surface area contributed by atoms with Gasteiger partial charge in [0.05, 0.1) is 48.5 Å². The predicted octanol–water partition coefficient (Wildman–Crippen LogP) is 12.2. The van der Waals surface area contributed by atoms with Gasteiger partial charge in [0.2, 0.25) is 0 Å². The number of carboxylic acids is 4. The van der Waals surface area contributed by atoms with Gasteiger partial charge in [0.15, 0.2) is 6.17 Å². The molecule has 138 heavy (non-hydrogen) atoms. The molecule has 0 saturated carbocycles. The maximum Gasteiger partial charge on any atom is 0.416 e. The molecule has 0 saturated heterocycles. The van der Waals surface area contributed by atoms with E-state index in [0.717, 1.165) is 63.9 Å². The fourth-order valence-electron chi connectivity index (χ4n) is 11.3. The lowest BCUT2D eigenvalue weighted by Gasteiger charge is -2.27. The molecule has 3 unspecified atom stereocenters. The highest BCUT2D eigenvalue weighted by Crippen LogP contribution is 2.33. The largest absolute Gasteiger partial charge is 0.479 e. The Morgan fingerprint density at radius 1 is 0.457 bits per heavy atom. The number of aryl methyl sites for hydroxylation is 1. The van der Waals surface area contributed by atoms with Crippen LogP contribution in [0.25, 0.3) is 0 Å². The molecule has 32 nitrogen and oxygen atoms in total. The number of alkyl halides is 14. The van der Waals surface area contributed by atoms with Crippen molar-refractivity contribution in [3.05, 3.63) is 250 Å². The summed E-state index contributed by atoms with van der Waals surface area (Å²) in [5.41, 5.74) is 24.2. The smallest absolute Gasteiger partial charge is 0.416 e. The molecule has 0 fully saturated rings. The normalized spacial score (nSPS) is 13.7. The van der Waals surface area contributed by atoms with Crippen LogP contribution in [0.5, 0.6) is 0 Å². The Balaban J connectivity index is 0.00000157. The lowest BCUT2D eigenvalue weighted by molar-refractivity contribution is -0.168. The summed E-state index contributed by atoms with van der Waals surface area (Å²) in [4.78, 5) is 42.3. The Labute approximate surface area is 789 Å². The number of carboxylic acid groups (broad SMARTS) is 4. The van der Waals surface area contributed by atoms with Crippen LogP contribution in [0.15, 0.2) is 188 Å². The number of hydrogen-bond acceptors (Lipinski definition) is 23. The van der Waals surface area contributed by atoms with E-state index in [9.17, 15) is 132 Å². The third-order valence-electron chi connectivity index (χ3n) is 18.4. The van der Waals surface area contributed by atoms with Gasteiger partial charge in [-0.1, -0.05) is 152 Å². The fraction of sp³-hybridized carbons (Fsp3) is 0.459. The van der Waals surface area contributed by atoms with Gasteiger partial charge in [0, 0.05) is 56.6 Å². The molecule has 4 atom stereocenters. The standard InChI is InChI=1S/C17H19F2NO3S.C17H17F2NO2.C13H18F3NO3S.C12H16FNO3S.C12H18FNO3S.C4H7F2NO2.C4H8FNO2.C3H7F2NO3S.C3H5F2NO2/c18-17(19,14-24(21,22)23)13-20(11-15-7-3-1-4-8-15)12-16-9-5-2-6-10-16;18-17(19,16(21)22)13-20(11-14-7-3-1-4-8-14)12-15-9-5-2-6-10-15;1-12(2,17-8-3-9-21(18,19)20)10-4-6-11(7-5-10)13(14,15)16;13-10-3-4-11-9(8-10)2-5-12(11)14-6-1-7-18(15,16)17;1-9(18(15,16)17)7-8-14-10(2)11-3-5-12(13)6-4-11;5-4(6,1-2-7)3(8)9;5-3(1-2-6)4(7)8;4-3(5,1-6)2-10(7,8)9;4-3(5,1-6)2(7)8/h1-10H,11-14H2,(H,21,22,23);1-10H,11-13H2,(H,21,22);4-7,17H,3,8-9H2,1-2H3,(H,18,19,20);3-4,8,12,14H,1-2,5-7H2,(H,15,16,17);3-6,9-10,14H,7-8H2,1-2H3,(H,15,16,17);1-2,7H2,(H,8,9);3H,1-2,6H2,(H,7,8);1-2,6H2,(H,7,8,9);1,6H2,(H,7,8)/t;;;;9?,10-;;;;/m....0..../s1. The van der Waals surface area contributed by atoms with E-state index in [4.69, 9.17) is 54.7 Å². The maximum atomic E-state index is 14.0. The van der Waals surface area contributed by atoms with Gasteiger partial charge in [-0.25, -0.2) is 49.9 Å². The van der Waals surface area contributed by atoms with Gasteiger partial charge in [-0.05, 0) is 173 Å². The second-order valence-corrected chi connectivity index (χ2v) is 38.8. The molecule has 20 N–H and O–H groups in total. The molecule has 1 aliphatic carbocycles. The van der Waals surface area contributed by atoms with Crippen molar-refractivity contribution >= 4 is 74.5 Å². The van der Waals surface area contributed by atoms with Gasteiger partial charge in [-0.3, -0.25) is 32.6 Å². The van der Waals surface area contributed by atoms with Crippen LogP contribution < -0.4 is 38.9 Å². The number of benzene rings is 7. The van der Waals surface area contributed by atoms with Crippen molar-refractivity contribution in [1.82, 2.24) is 25.8 Å². The highest BCUT2D eigenvalue weighted by Gasteiger charge is 2.42. The number of carbonyl (C=O) groups is 4. The highest BCUT2D eigenvalue weighted by molar-refractivity contribution is 7.87. The van der Waals surface area contributed by atoms with E-state index in [1.165, 1.54) is 47.1 Å². The summed E-state index contributed by atoms with van der Waals surface area (Å²) in [6, 6.07) is 52.3. The minimum atomic E-state index is -4.75. The quantitative estimate of drug-likeness (QED) is 0.00959. The number of nitrogens with two attached hydrogens (primary N) is 4. The summed E-state index contributed by atoms with van der Waals surface area (Å²) in [6.45, 7) is 5.15. The first-order valence-electron chi connectivity index (χ1n) is 40.9. The Bertz CT molecular complexity index is 5270. The number of nitrogens with one attached hydrogen (secondary N) is 3. The molecule has 0 amide bonds. The van der Waals surface area contributed by atoms with Crippen molar-refractivity contribution in [2.75, 3.05) is 81.9 Å². The fourth-order valence-corrected chi connectivity index (χ4v) is 14.1. The van der Waals surface area contributed by atoms with E-state index in [1.807, 2.05) is 128 Å². The van der Waals surface area contributed by atoms with Crippen molar-refractivity contribution in [3.63, 3.8) is 0 Å². The first-order valence-corrected chi connectivity index (χ1v) is 48.9. The van der Waals surface area contributed by atoms with Crippen molar-refractivity contribution in [3.8, 4) is 0 Å². The van der Waals surface area contributed by atoms with E-state index in [2.05, 4.69) is 27.4 Å². The molecule has 0 aliphatic heterocycles. The van der Waals surface area contributed by atoms with Crippen LogP contribution in [0, 0.1) is 11.6 Å². The van der Waals surface area contributed by atoms with Crippen LogP contribution in [0.1, 0.15) is 128 Å². The zero-order valence-electron chi connectivity index (χ0n) is 74.7. The Hall–Kier alpha value is -9.51. The lowest BCUT2D eigenvalue weighted by Crippen LogP contribution is -2.41. The molecule has 0 heterocycles. The molecular weight excluding hydrogens is 1980 g/mol. The molecule has 1 aliphatic rings. The topological polar surface area (TPSA) is 568 Å². The third kappa shape index (κ3) is 59.8. The molecule has 53 heteroatoms. The van der Waals surface area contributed by atoms with Crippen LogP contribution in [0.2, 0.25) is 0 Å². The highest BCUT2D eigenvalue weighted by atomic mass is 32.2. The second kappa shape index (κ2) is 60.6. The summed E-state index contributed by atoms with van der Waals surface area (Å²) >= 11 is 0. The maximum absolute atomic E-state index is 14.0. The lowest BCUT2D eigenvalue weighted by atomic mass is 9.93. The summed E-state index contributed by atoms with van der Waals surface area (Å²) in [5, 5.41) is 40.5. The number of hydrogen-bond donors (Lipinski definition) is 16. The third-order valence-corrected chi connectivity index (χ3v) is 22.8. The monoisotopic (exact) mass is 2090 g/mol. The molecule has 0 aromatic heterocycles. The molecule has 0 spiro atoms. The summed E-state index contributed by atoms with van der Waals surface area (Å²) in [6.07, 6.45) is -4.43. The van der Waals surface area contributed by atoms with E-state index >= 15 is 0 Å². The molecule has 780 valence electrons. The molecule has 0 radical (unpaired) electrons. The van der Waals surface area contributed by atoms with Crippen LogP contribution in [-0.4, -0.2) is 242 Å². The minimum absolute atomic E-state index is 0.000744. The number of halogens is 16. The summed E-state index contributed by atoms with van der Waals surface area (Å²) in [5.74, 6) is -30.4. The van der Waals surface area contributed by atoms with E-state index in [-0.39, 0.29) is 87.3 Å². The zero-order valence-corrected chi connectivity index (χ0v) is 78.8. The summed E-state index contributed by atoms with van der Waals surface area (Å²) < 4.78 is 349. The van der Waals surface area contributed by atoms with Gasteiger partial charge in [0.25, 0.3) is 62.4 Å². The SMILES string of the molecule is CC(C)(NCCCS(=O)(=O)O)c1ccc(C(F)(F)F)cc1.CC(CCN[C@@H](C)c1ccc(F)cc1)S(=O)(=O)O.NCC(F)(F)C(=O)O.NCC(F)(F)CS(=O)(=O)O.NCCC(F)(F)C(=O)O.NCCC(F)C(=O)O.O=C(O)C(F)(F)CN(Cc1ccccc1)Cc1ccccc1.O=S(=O)(O)CC(F)(F)CN(Cc1ccccc1)Cc1ccccc1.O=S(=O)(O)CCCNC1CCc2cc(F)ccc21. The second-order valence-electron chi connectivity index (χ2n) is 30.9. The molecule has 8 rings (SSSR count). The van der Waals surface area contributed by atoms with Gasteiger partial charge in [-0.2, -0.15) is 81.6 Å². The molecular formula is C85H115F16N9O23S5.